The second-order valence-corrected chi connectivity index (χ2v) is 8.40. The van der Waals surface area contributed by atoms with E-state index in [4.69, 9.17) is 9.73 Å². The number of carbonyl (C=O) groups excluding carboxylic acids is 1. The Hall–Kier alpha value is -3.87. The smallest absolute Gasteiger partial charge is 0.322 e. The molecule has 33 heavy (non-hydrogen) atoms. The molecule has 0 radical (unpaired) electrons. The second-order valence-electron chi connectivity index (χ2n) is 8.40. The summed E-state index contributed by atoms with van der Waals surface area (Å²) in [4.78, 5) is 21.8. The highest BCUT2D eigenvalue weighted by atomic mass is 19.1. The Bertz CT molecular complexity index is 1240. The summed E-state index contributed by atoms with van der Waals surface area (Å²) in [5, 5.41) is 2.69. The van der Waals surface area contributed by atoms with Crippen LogP contribution < -0.4 is 10.1 Å². The van der Waals surface area contributed by atoms with Gasteiger partial charge in [0.1, 0.15) is 23.1 Å². The van der Waals surface area contributed by atoms with Gasteiger partial charge in [-0.3, -0.25) is 0 Å². The lowest BCUT2D eigenvalue weighted by molar-refractivity contribution is 0.144. The Morgan fingerprint density at radius 1 is 1.06 bits per heavy atom. The Kier molecular flexibility index (Phi) is 5.46. The topological polar surface area (TPSA) is 57.2 Å². The molecule has 0 spiro atoms. The molecule has 0 bridgehead atoms. The first-order valence-electron chi connectivity index (χ1n) is 11.0. The summed E-state index contributed by atoms with van der Waals surface area (Å²) in [7, 11) is 0. The van der Waals surface area contributed by atoms with Crippen LogP contribution in [0.2, 0.25) is 0 Å². The van der Waals surface area contributed by atoms with Crippen LogP contribution in [0, 0.1) is 12.7 Å². The van der Waals surface area contributed by atoms with Gasteiger partial charge in [0.2, 0.25) is 0 Å². The lowest BCUT2D eigenvalue weighted by Crippen LogP contribution is -2.56. The fourth-order valence-electron chi connectivity index (χ4n) is 4.28. The van der Waals surface area contributed by atoms with E-state index < -0.39 is 5.82 Å². The second kappa shape index (κ2) is 8.58. The number of rotatable bonds is 1. The summed E-state index contributed by atoms with van der Waals surface area (Å²) in [6.45, 7) is 5.72. The van der Waals surface area contributed by atoms with Gasteiger partial charge in [-0.2, -0.15) is 0 Å². The van der Waals surface area contributed by atoms with Gasteiger partial charge in [-0.15, -0.1) is 0 Å². The van der Waals surface area contributed by atoms with Crippen molar-refractivity contribution < 1.29 is 13.9 Å². The number of aliphatic imine (C=N–C) groups is 1. The number of para-hydroxylation sites is 3. The standard InChI is InChI=1S/C26H25FN4O2/c1-17-11-12-23-19(15-17)25(28-22-9-5-6-10-24(22)33-23)30-13-14-31(18(2)16-30)26(32)29-21-8-4-3-7-20(21)27/h3-12,15,18H,13-14,16H2,1-2H3,(H,29,32). The number of carbonyl (C=O) groups is 1. The van der Waals surface area contributed by atoms with Crippen LogP contribution in [0.15, 0.2) is 71.7 Å². The first-order chi connectivity index (χ1) is 16.0. The number of aryl methyl sites for hydroxylation is 1. The number of fused-ring (bicyclic) bond motifs is 2. The third-order valence-corrected chi connectivity index (χ3v) is 5.99. The fourth-order valence-corrected chi connectivity index (χ4v) is 4.28. The number of amidine groups is 1. The minimum absolute atomic E-state index is 0.0964. The molecule has 7 heteroatoms. The lowest BCUT2D eigenvalue weighted by atomic mass is 10.1. The highest BCUT2D eigenvalue weighted by Crippen LogP contribution is 2.38. The third-order valence-electron chi connectivity index (χ3n) is 5.99. The lowest BCUT2D eigenvalue weighted by Gasteiger charge is -2.41. The van der Waals surface area contributed by atoms with E-state index in [2.05, 4.69) is 16.3 Å². The first-order valence-corrected chi connectivity index (χ1v) is 11.0. The molecule has 2 aliphatic rings. The van der Waals surface area contributed by atoms with Crippen LogP contribution in [0.3, 0.4) is 0 Å². The van der Waals surface area contributed by atoms with Gasteiger partial charge in [-0.1, -0.05) is 35.9 Å². The Morgan fingerprint density at radius 3 is 2.67 bits per heavy atom. The van der Waals surface area contributed by atoms with Crippen molar-refractivity contribution in [3.63, 3.8) is 0 Å². The van der Waals surface area contributed by atoms with Crippen LogP contribution in [0.5, 0.6) is 11.5 Å². The van der Waals surface area contributed by atoms with Crippen molar-refractivity contribution in [1.82, 2.24) is 9.80 Å². The van der Waals surface area contributed by atoms with Crippen LogP contribution in [0.4, 0.5) is 20.6 Å². The van der Waals surface area contributed by atoms with E-state index in [9.17, 15) is 9.18 Å². The molecule has 1 saturated heterocycles. The molecule has 2 heterocycles. The summed E-state index contributed by atoms with van der Waals surface area (Å²) < 4.78 is 20.2. The van der Waals surface area contributed by atoms with Crippen LogP contribution in [-0.4, -0.2) is 47.3 Å². The van der Waals surface area contributed by atoms with E-state index in [1.54, 1.807) is 23.1 Å². The number of piperazine rings is 1. The highest BCUT2D eigenvalue weighted by molar-refractivity contribution is 6.04. The molecule has 1 fully saturated rings. The zero-order chi connectivity index (χ0) is 22.9. The molecule has 0 aromatic heterocycles. The number of hydrogen-bond acceptors (Lipinski definition) is 4. The molecule has 0 aliphatic carbocycles. The van der Waals surface area contributed by atoms with E-state index >= 15 is 0 Å². The number of nitrogens with one attached hydrogen (secondary N) is 1. The molecule has 2 amide bonds. The van der Waals surface area contributed by atoms with E-state index in [0.29, 0.717) is 25.4 Å². The molecule has 1 unspecified atom stereocenters. The minimum atomic E-state index is -0.449. The molecule has 0 saturated carbocycles. The number of amides is 2. The van der Waals surface area contributed by atoms with Gasteiger partial charge in [0.05, 0.1) is 11.3 Å². The summed E-state index contributed by atoms with van der Waals surface area (Å²) in [5.41, 5.74) is 3.01. The van der Waals surface area contributed by atoms with Crippen molar-refractivity contribution in [1.29, 1.82) is 0 Å². The predicted octanol–water partition coefficient (Wildman–Crippen LogP) is 5.56. The van der Waals surface area contributed by atoms with E-state index in [-0.39, 0.29) is 17.8 Å². The predicted molar refractivity (Wildman–Crippen MR) is 127 cm³/mol. The van der Waals surface area contributed by atoms with Gasteiger partial charge < -0.3 is 19.9 Å². The summed E-state index contributed by atoms with van der Waals surface area (Å²) in [6, 6.07) is 19.6. The van der Waals surface area contributed by atoms with E-state index in [1.165, 1.54) is 6.07 Å². The number of halogens is 1. The molecular weight excluding hydrogens is 419 g/mol. The van der Waals surface area contributed by atoms with Crippen molar-refractivity contribution in [2.24, 2.45) is 4.99 Å². The minimum Gasteiger partial charge on any atom is -0.454 e. The SMILES string of the molecule is Cc1ccc2c(c1)C(N1CCN(C(=O)Nc3ccccc3F)C(C)C1)=Nc1ccccc1O2. The maximum Gasteiger partial charge on any atom is 0.322 e. The van der Waals surface area contributed by atoms with Crippen molar-refractivity contribution in [2.75, 3.05) is 25.0 Å². The van der Waals surface area contributed by atoms with Crippen LogP contribution in [-0.2, 0) is 0 Å². The molecule has 2 aliphatic heterocycles. The van der Waals surface area contributed by atoms with Crippen LogP contribution in [0.25, 0.3) is 0 Å². The number of ether oxygens (including phenoxy) is 1. The molecule has 5 rings (SSSR count). The average Bonchev–Trinajstić information content (AvgIpc) is 2.97. The zero-order valence-electron chi connectivity index (χ0n) is 18.6. The van der Waals surface area contributed by atoms with Gasteiger partial charge in [-0.25, -0.2) is 14.2 Å². The normalized spacial score (nSPS) is 17.3. The maximum absolute atomic E-state index is 14.0. The summed E-state index contributed by atoms with van der Waals surface area (Å²) in [6.07, 6.45) is 0. The van der Waals surface area contributed by atoms with Gasteiger partial charge in [0.25, 0.3) is 0 Å². The molecule has 3 aromatic carbocycles. The number of anilines is 1. The maximum atomic E-state index is 14.0. The van der Waals surface area contributed by atoms with Gasteiger partial charge in [0, 0.05) is 25.7 Å². The number of hydrogen-bond donors (Lipinski definition) is 1. The van der Waals surface area contributed by atoms with Crippen LogP contribution >= 0.6 is 0 Å². The van der Waals surface area contributed by atoms with E-state index in [1.807, 2.05) is 50.2 Å². The largest absolute Gasteiger partial charge is 0.454 e. The Morgan fingerprint density at radius 2 is 1.85 bits per heavy atom. The van der Waals surface area contributed by atoms with Crippen molar-refractivity contribution in [3.8, 4) is 11.5 Å². The fraction of sp³-hybridized carbons (Fsp3) is 0.231. The first kappa shape index (κ1) is 21.0. The number of nitrogens with zero attached hydrogens (tertiary/aromatic N) is 3. The molecule has 168 valence electrons. The highest BCUT2D eigenvalue weighted by Gasteiger charge is 2.31. The average molecular weight is 445 g/mol. The molecular formula is C26H25FN4O2. The molecule has 6 nitrogen and oxygen atoms in total. The van der Waals surface area contributed by atoms with Gasteiger partial charge in [-0.05, 0) is 50.2 Å². The molecule has 1 N–H and O–H groups in total. The van der Waals surface area contributed by atoms with Crippen LogP contribution in [0.1, 0.15) is 18.1 Å². The Labute approximate surface area is 192 Å². The van der Waals surface area contributed by atoms with Crippen molar-refractivity contribution >= 4 is 23.2 Å². The monoisotopic (exact) mass is 444 g/mol. The number of benzene rings is 3. The quantitative estimate of drug-likeness (QED) is 0.535. The molecule has 1 atom stereocenters. The van der Waals surface area contributed by atoms with Crippen molar-refractivity contribution in [3.05, 3.63) is 83.7 Å². The van der Waals surface area contributed by atoms with E-state index in [0.717, 1.165) is 28.4 Å². The number of urea groups is 1. The summed E-state index contributed by atoms with van der Waals surface area (Å²) in [5.74, 6) is 1.86. The Balaban J connectivity index is 1.40. The summed E-state index contributed by atoms with van der Waals surface area (Å²) >= 11 is 0. The molecule has 3 aromatic rings. The van der Waals surface area contributed by atoms with Gasteiger partial charge >= 0.3 is 6.03 Å². The van der Waals surface area contributed by atoms with Crippen molar-refractivity contribution in [2.45, 2.75) is 19.9 Å². The third kappa shape index (κ3) is 4.14. The zero-order valence-corrected chi connectivity index (χ0v) is 18.6. The van der Waals surface area contributed by atoms with Gasteiger partial charge in [0.15, 0.2) is 5.75 Å².